The Labute approximate surface area is 213 Å². The van der Waals surface area contributed by atoms with Gasteiger partial charge in [0.2, 0.25) is 0 Å². The molecule has 0 fully saturated rings. The van der Waals surface area contributed by atoms with Crippen LogP contribution in [0.2, 0.25) is 0 Å². The lowest BCUT2D eigenvalue weighted by molar-refractivity contribution is 0.493. The van der Waals surface area contributed by atoms with Gasteiger partial charge in [-0.05, 0) is 29.7 Å². The first-order valence-corrected chi connectivity index (χ1v) is 12.4. The van der Waals surface area contributed by atoms with Crippen LogP contribution in [0.15, 0.2) is 92.5 Å². The molecule has 184 valence electrons. The van der Waals surface area contributed by atoms with E-state index in [-0.39, 0.29) is 17.3 Å². The molecule has 2 N–H and O–H groups in total. The van der Waals surface area contributed by atoms with E-state index in [9.17, 15) is 9.59 Å². The molecule has 2 aromatic heterocycles. The first kappa shape index (κ1) is 25.1. The highest BCUT2D eigenvalue weighted by Gasteiger charge is 2.21. The van der Waals surface area contributed by atoms with Gasteiger partial charge in [-0.1, -0.05) is 68.1 Å². The van der Waals surface area contributed by atoms with Crippen molar-refractivity contribution >= 4 is 22.6 Å². The van der Waals surface area contributed by atoms with Crippen LogP contribution in [0.5, 0.6) is 0 Å². The summed E-state index contributed by atoms with van der Waals surface area (Å²) in [5, 5.41) is 0.465. The summed E-state index contributed by atoms with van der Waals surface area (Å²) in [6.07, 6.45) is 3.41. The molecule has 2 aromatic carbocycles. The smallest absolute Gasteiger partial charge is 0.332 e. The number of thioether (sulfide) groups is 1. The highest BCUT2D eigenvalue weighted by atomic mass is 32.2. The number of hydrogen-bond acceptors (Lipinski definition) is 7. The molecule has 36 heavy (non-hydrogen) atoms. The van der Waals surface area contributed by atoms with Crippen LogP contribution < -0.4 is 17.0 Å². The fourth-order valence-corrected chi connectivity index (χ4v) is 4.60. The Hall–Kier alpha value is -3.98. The Bertz CT molecular complexity index is 1480. The predicted molar refractivity (Wildman–Crippen MR) is 145 cm³/mol. The maximum Gasteiger partial charge on any atom is 0.332 e. The van der Waals surface area contributed by atoms with Crippen molar-refractivity contribution < 1.29 is 0 Å². The van der Waals surface area contributed by atoms with Crippen LogP contribution in [0.4, 0.5) is 5.82 Å². The zero-order valence-electron chi connectivity index (χ0n) is 20.5. The normalized spacial score (nSPS) is 11.7. The molecule has 8 nitrogen and oxygen atoms in total. The molecule has 0 aliphatic heterocycles. The minimum absolute atomic E-state index is 0.135. The molecule has 0 saturated heterocycles. The van der Waals surface area contributed by atoms with E-state index in [1.54, 1.807) is 18.5 Å². The Balaban J connectivity index is 1.75. The number of rotatable bonds is 7. The van der Waals surface area contributed by atoms with Crippen LogP contribution in [0, 0.1) is 5.92 Å². The molecule has 4 rings (SSSR count). The van der Waals surface area contributed by atoms with Gasteiger partial charge in [0.05, 0.1) is 6.54 Å². The van der Waals surface area contributed by atoms with Crippen molar-refractivity contribution in [3.63, 3.8) is 0 Å². The third-order valence-electron chi connectivity index (χ3n) is 5.49. The van der Waals surface area contributed by atoms with E-state index >= 15 is 0 Å². The molecule has 0 atom stereocenters. The maximum atomic E-state index is 13.3. The predicted octanol–water partition coefficient (Wildman–Crippen LogP) is 3.98. The van der Waals surface area contributed by atoms with Crippen LogP contribution in [0.3, 0.4) is 0 Å². The lowest BCUT2D eigenvalue weighted by atomic mass is 10.1. The molecule has 4 aromatic rings. The van der Waals surface area contributed by atoms with Crippen molar-refractivity contribution in [2.45, 2.75) is 31.8 Å². The molecule has 0 bridgehead atoms. The van der Waals surface area contributed by atoms with Gasteiger partial charge in [0.1, 0.15) is 16.4 Å². The van der Waals surface area contributed by atoms with Crippen LogP contribution in [-0.4, -0.2) is 24.1 Å². The molecular weight excluding hydrogens is 472 g/mol. The third kappa shape index (κ3) is 5.63. The molecule has 0 unspecified atom stereocenters. The molecule has 0 radical (unpaired) electrons. The number of aliphatic imine (C=N–C) groups is 1. The van der Waals surface area contributed by atoms with E-state index in [1.807, 2.05) is 68.4 Å². The second-order valence-electron chi connectivity index (χ2n) is 8.72. The van der Waals surface area contributed by atoms with Crippen molar-refractivity contribution in [3.8, 4) is 11.4 Å². The quantitative estimate of drug-likeness (QED) is 0.234. The number of nitrogens with zero attached hydrogens (tertiary/aromatic N) is 5. The first-order valence-electron chi connectivity index (χ1n) is 11.6. The highest BCUT2D eigenvalue weighted by Crippen LogP contribution is 2.25. The first-order chi connectivity index (χ1) is 17.3. The SMILES string of the molecule is CC(C)Cn1c(N)c(C(=NCc2ccc(-c3ncccn3)cc2)Sc2ccccc2)c(=O)n(C)c1=O. The van der Waals surface area contributed by atoms with Gasteiger partial charge in [-0.25, -0.2) is 14.8 Å². The number of anilines is 1. The van der Waals surface area contributed by atoms with Gasteiger partial charge in [-0.3, -0.25) is 18.9 Å². The van der Waals surface area contributed by atoms with Crippen molar-refractivity contribution in [1.82, 2.24) is 19.1 Å². The largest absolute Gasteiger partial charge is 0.384 e. The average Bonchev–Trinajstić information content (AvgIpc) is 2.90. The van der Waals surface area contributed by atoms with E-state index in [0.29, 0.717) is 24.0 Å². The summed E-state index contributed by atoms with van der Waals surface area (Å²) in [5.41, 5.74) is 7.65. The topological polar surface area (TPSA) is 108 Å². The fourth-order valence-electron chi connectivity index (χ4n) is 3.66. The lowest BCUT2D eigenvalue weighted by Crippen LogP contribution is -2.43. The number of aromatic nitrogens is 4. The summed E-state index contributed by atoms with van der Waals surface area (Å²) in [7, 11) is 1.47. The van der Waals surface area contributed by atoms with E-state index in [4.69, 9.17) is 10.7 Å². The fraction of sp³-hybridized carbons (Fsp3) is 0.222. The third-order valence-corrected chi connectivity index (χ3v) is 6.52. The Morgan fingerprint density at radius 3 is 2.31 bits per heavy atom. The van der Waals surface area contributed by atoms with Gasteiger partial charge in [-0.2, -0.15) is 0 Å². The molecule has 0 aliphatic rings. The molecule has 0 spiro atoms. The molecule has 2 heterocycles. The molecular formula is C27H28N6O2S. The second-order valence-corrected chi connectivity index (χ2v) is 9.78. The van der Waals surface area contributed by atoms with Gasteiger partial charge >= 0.3 is 5.69 Å². The van der Waals surface area contributed by atoms with E-state index < -0.39 is 11.2 Å². The highest BCUT2D eigenvalue weighted by molar-refractivity contribution is 8.14. The monoisotopic (exact) mass is 500 g/mol. The number of hydrogen-bond donors (Lipinski definition) is 1. The van der Waals surface area contributed by atoms with E-state index in [0.717, 1.165) is 20.6 Å². The summed E-state index contributed by atoms with van der Waals surface area (Å²) in [6, 6.07) is 19.2. The molecule has 0 saturated carbocycles. The summed E-state index contributed by atoms with van der Waals surface area (Å²) in [6.45, 7) is 4.72. The summed E-state index contributed by atoms with van der Waals surface area (Å²) >= 11 is 1.35. The van der Waals surface area contributed by atoms with Gasteiger partial charge < -0.3 is 5.73 Å². The van der Waals surface area contributed by atoms with Gasteiger partial charge in [-0.15, -0.1) is 0 Å². The summed E-state index contributed by atoms with van der Waals surface area (Å²) in [4.78, 5) is 40.3. The number of benzene rings is 2. The van der Waals surface area contributed by atoms with E-state index in [1.165, 1.54) is 23.4 Å². The van der Waals surface area contributed by atoms with Crippen molar-refractivity contribution in [3.05, 3.63) is 105 Å². The molecule has 9 heteroatoms. The maximum absolute atomic E-state index is 13.3. The van der Waals surface area contributed by atoms with E-state index in [2.05, 4.69) is 9.97 Å². The minimum Gasteiger partial charge on any atom is -0.384 e. The Morgan fingerprint density at radius 2 is 1.67 bits per heavy atom. The van der Waals surface area contributed by atoms with Gasteiger partial charge in [0.15, 0.2) is 5.82 Å². The van der Waals surface area contributed by atoms with Crippen molar-refractivity contribution in [1.29, 1.82) is 0 Å². The summed E-state index contributed by atoms with van der Waals surface area (Å²) in [5.74, 6) is 0.955. The van der Waals surface area contributed by atoms with Crippen LogP contribution in [-0.2, 0) is 20.1 Å². The Morgan fingerprint density at radius 1 is 1.00 bits per heavy atom. The zero-order chi connectivity index (χ0) is 25.7. The Kier molecular flexibility index (Phi) is 7.80. The minimum atomic E-state index is -0.462. The lowest BCUT2D eigenvalue weighted by Gasteiger charge is -2.17. The van der Waals surface area contributed by atoms with Crippen LogP contribution >= 0.6 is 11.8 Å². The van der Waals surface area contributed by atoms with Crippen molar-refractivity contribution in [2.75, 3.05) is 5.73 Å². The van der Waals surface area contributed by atoms with Gasteiger partial charge in [0, 0.05) is 36.4 Å². The van der Waals surface area contributed by atoms with Crippen LogP contribution in [0.1, 0.15) is 25.0 Å². The van der Waals surface area contributed by atoms with Gasteiger partial charge in [0.25, 0.3) is 5.56 Å². The van der Waals surface area contributed by atoms with Crippen molar-refractivity contribution in [2.24, 2.45) is 18.0 Å². The average molecular weight is 501 g/mol. The number of nitrogens with two attached hydrogens (primary N) is 1. The summed E-state index contributed by atoms with van der Waals surface area (Å²) < 4.78 is 2.56. The number of nitrogen functional groups attached to an aromatic ring is 1. The van der Waals surface area contributed by atoms with Crippen LogP contribution in [0.25, 0.3) is 11.4 Å². The molecule has 0 aliphatic carbocycles. The second kappa shape index (κ2) is 11.2. The molecule has 0 amide bonds. The zero-order valence-corrected chi connectivity index (χ0v) is 21.3. The standard InChI is InChI=1S/C27H28N6O2S/c1-18(2)17-33-23(28)22(26(34)32(3)27(33)35)25(36-21-8-5-4-6-9-21)31-16-19-10-12-20(13-11-19)24-29-14-7-15-30-24/h4-15,18H,16-17,28H2,1-3H3.